The maximum atomic E-state index is 12.7. The van der Waals surface area contributed by atoms with Gasteiger partial charge in [-0.1, -0.05) is 48.3 Å². The molecule has 0 aliphatic heterocycles. The van der Waals surface area contributed by atoms with Gasteiger partial charge >= 0.3 is 0 Å². The second-order valence-electron chi connectivity index (χ2n) is 7.12. The molecule has 0 atom stereocenters. The predicted molar refractivity (Wildman–Crippen MR) is 132 cm³/mol. The molecule has 0 aliphatic carbocycles. The van der Waals surface area contributed by atoms with Crippen LogP contribution in [-0.4, -0.2) is 13.0 Å². The topological polar surface area (TPSA) is 71.4 Å². The second kappa shape index (κ2) is 11.4. The van der Waals surface area contributed by atoms with Gasteiger partial charge < -0.3 is 14.8 Å². The highest BCUT2D eigenvalue weighted by Crippen LogP contribution is 2.29. The van der Waals surface area contributed by atoms with Crippen molar-refractivity contribution >= 4 is 40.9 Å². The van der Waals surface area contributed by atoms with E-state index in [2.05, 4.69) is 12.2 Å². The van der Waals surface area contributed by atoms with E-state index in [-0.39, 0.29) is 12.2 Å². The van der Waals surface area contributed by atoms with E-state index in [1.807, 2.05) is 36.4 Å². The van der Waals surface area contributed by atoms with Gasteiger partial charge in [-0.25, -0.2) is 0 Å². The third-order valence-corrected chi connectivity index (χ3v) is 5.62. The molecule has 0 unspecified atom stereocenters. The highest BCUT2D eigenvalue weighted by Gasteiger charge is 2.13. The van der Waals surface area contributed by atoms with E-state index in [1.165, 1.54) is 6.08 Å². The van der Waals surface area contributed by atoms with E-state index in [4.69, 9.17) is 32.7 Å². The van der Waals surface area contributed by atoms with Crippen molar-refractivity contribution < 1.29 is 14.3 Å². The molecule has 33 heavy (non-hydrogen) atoms. The lowest BCUT2D eigenvalue weighted by atomic mass is 10.1. The van der Waals surface area contributed by atoms with Gasteiger partial charge in [-0.3, -0.25) is 4.79 Å². The number of nitrogens with zero attached hydrogens (tertiary/aromatic N) is 1. The van der Waals surface area contributed by atoms with Gasteiger partial charge in [0, 0.05) is 17.3 Å². The van der Waals surface area contributed by atoms with Crippen molar-refractivity contribution in [3.05, 3.63) is 93.0 Å². The van der Waals surface area contributed by atoms with Crippen LogP contribution in [0.1, 0.15) is 23.6 Å². The number of amides is 1. The van der Waals surface area contributed by atoms with Crippen LogP contribution >= 0.6 is 23.2 Å². The molecule has 0 spiro atoms. The van der Waals surface area contributed by atoms with Crippen LogP contribution in [0.2, 0.25) is 10.0 Å². The summed E-state index contributed by atoms with van der Waals surface area (Å²) in [6.07, 6.45) is 2.39. The molecule has 168 valence electrons. The van der Waals surface area contributed by atoms with E-state index >= 15 is 0 Å². The van der Waals surface area contributed by atoms with E-state index in [1.54, 1.807) is 37.4 Å². The number of nitrogens with one attached hydrogen (secondary N) is 1. The fraction of sp³-hybridized carbons (Fsp3) is 0.154. The van der Waals surface area contributed by atoms with Crippen molar-refractivity contribution in [3.63, 3.8) is 0 Å². The highest BCUT2D eigenvalue weighted by atomic mass is 35.5. The monoisotopic (exact) mass is 480 g/mol. The summed E-state index contributed by atoms with van der Waals surface area (Å²) in [4.78, 5) is 12.7. The molecule has 7 heteroatoms. The Balaban J connectivity index is 1.83. The van der Waals surface area contributed by atoms with E-state index < -0.39 is 5.91 Å². The summed E-state index contributed by atoms with van der Waals surface area (Å²) in [7, 11) is 1.55. The molecular formula is C26H22Cl2N2O3. The van der Waals surface area contributed by atoms with Crippen molar-refractivity contribution in [2.75, 3.05) is 12.4 Å². The molecule has 0 saturated carbocycles. The number of hydrogen-bond donors (Lipinski definition) is 1. The number of carbonyl (C=O) groups excluding carboxylic acids is 1. The fourth-order valence-electron chi connectivity index (χ4n) is 3.00. The van der Waals surface area contributed by atoms with Crippen LogP contribution in [0.5, 0.6) is 11.5 Å². The Morgan fingerprint density at radius 2 is 1.76 bits per heavy atom. The Morgan fingerprint density at radius 1 is 1.03 bits per heavy atom. The van der Waals surface area contributed by atoms with Crippen LogP contribution in [0, 0.1) is 11.3 Å². The molecule has 0 aromatic heterocycles. The molecule has 3 rings (SSSR count). The van der Waals surface area contributed by atoms with Gasteiger partial charge in [-0.05, 0) is 60.0 Å². The first-order chi connectivity index (χ1) is 15.9. The van der Waals surface area contributed by atoms with Gasteiger partial charge in [-0.2, -0.15) is 5.26 Å². The van der Waals surface area contributed by atoms with Crippen LogP contribution in [0.4, 0.5) is 5.69 Å². The van der Waals surface area contributed by atoms with Crippen molar-refractivity contribution in [2.45, 2.75) is 20.0 Å². The minimum Gasteiger partial charge on any atom is -0.497 e. The summed E-state index contributed by atoms with van der Waals surface area (Å²) >= 11 is 12.1. The third-order valence-electron chi connectivity index (χ3n) is 4.88. The lowest BCUT2D eigenvalue weighted by Gasteiger charge is -2.12. The fourth-order valence-corrected chi connectivity index (χ4v) is 3.32. The van der Waals surface area contributed by atoms with E-state index in [9.17, 15) is 10.1 Å². The van der Waals surface area contributed by atoms with Crippen LogP contribution < -0.4 is 14.8 Å². The highest BCUT2D eigenvalue weighted by molar-refractivity contribution is 6.42. The van der Waals surface area contributed by atoms with Crippen LogP contribution in [0.15, 0.2) is 66.2 Å². The van der Waals surface area contributed by atoms with Gasteiger partial charge in [0.25, 0.3) is 5.91 Å². The number of rotatable bonds is 8. The number of halogens is 2. The number of carbonyl (C=O) groups is 1. The number of anilines is 1. The second-order valence-corrected chi connectivity index (χ2v) is 7.93. The van der Waals surface area contributed by atoms with Crippen molar-refractivity contribution in [3.8, 4) is 17.6 Å². The maximum Gasteiger partial charge on any atom is 0.266 e. The van der Waals surface area contributed by atoms with Gasteiger partial charge in [0.15, 0.2) is 0 Å². The van der Waals surface area contributed by atoms with Crippen molar-refractivity contribution in [1.82, 2.24) is 0 Å². The molecule has 5 nitrogen and oxygen atoms in total. The average Bonchev–Trinajstić information content (AvgIpc) is 2.84. The first-order valence-corrected chi connectivity index (χ1v) is 11.0. The van der Waals surface area contributed by atoms with Gasteiger partial charge in [0.1, 0.15) is 29.7 Å². The van der Waals surface area contributed by atoms with Gasteiger partial charge in [0.2, 0.25) is 0 Å². The Hall–Kier alpha value is -3.46. The molecule has 0 saturated heterocycles. The molecule has 0 aliphatic rings. The summed E-state index contributed by atoms with van der Waals surface area (Å²) in [5, 5.41) is 13.2. The number of benzene rings is 3. The molecular weight excluding hydrogens is 459 g/mol. The molecule has 0 radical (unpaired) electrons. The maximum absolute atomic E-state index is 12.7. The average molecular weight is 481 g/mol. The number of nitriles is 1. The molecule has 3 aromatic rings. The number of methoxy groups -OCH3 is 1. The molecule has 1 N–H and O–H groups in total. The van der Waals surface area contributed by atoms with Crippen molar-refractivity contribution in [2.24, 2.45) is 0 Å². The molecule has 1 amide bonds. The van der Waals surface area contributed by atoms with Gasteiger partial charge in [-0.15, -0.1) is 0 Å². The Morgan fingerprint density at radius 3 is 2.39 bits per heavy atom. The summed E-state index contributed by atoms with van der Waals surface area (Å²) < 4.78 is 11.3. The normalized spacial score (nSPS) is 10.9. The van der Waals surface area contributed by atoms with Crippen molar-refractivity contribution in [1.29, 1.82) is 5.26 Å². The molecule has 3 aromatic carbocycles. The zero-order valence-corrected chi connectivity index (χ0v) is 19.7. The summed E-state index contributed by atoms with van der Waals surface area (Å²) in [6, 6.07) is 19.8. The van der Waals surface area contributed by atoms with E-state index in [0.717, 1.165) is 17.5 Å². The standard InChI is InChI=1S/C26H22Cl2N2O3/c1-3-17-4-8-21(9-5-17)30-26(31)20(15-29)13-19-7-10-22(32-2)14-25(19)33-16-18-6-11-23(27)24(28)12-18/h4-14H,3,16H2,1-2H3,(H,30,31)/b20-13+. The van der Waals surface area contributed by atoms with E-state index in [0.29, 0.717) is 32.8 Å². The predicted octanol–water partition coefficient (Wildman–Crippen LogP) is 6.69. The van der Waals surface area contributed by atoms with Crippen LogP contribution in [0.25, 0.3) is 6.08 Å². The zero-order valence-electron chi connectivity index (χ0n) is 18.2. The number of hydrogen-bond acceptors (Lipinski definition) is 4. The summed E-state index contributed by atoms with van der Waals surface area (Å²) in [5.74, 6) is 0.525. The Labute approximate surface area is 203 Å². The van der Waals surface area contributed by atoms with Gasteiger partial charge in [0.05, 0.1) is 17.2 Å². The minimum absolute atomic E-state index is 0.0564. The lowest BCUT2D eigenvalue weighted by Crippen LogP contribution is -2.13. The molecule has 0 bridgehead atoms. The quantitative estimate of drug-likeness (QED) is 0.288. The lowest BCUT2D eigenvalue weighted by molar-refractivity contribution is -0.112. The Kier molecular flexibility index (Phi) is 8.37. The summed E-state index contributed by atoms with van der Waals surface area (Å²) in [6.45, 7) is 2.27. The zero-order chi connectivity index (χ0) is 23.8. The summed E-state index contributed by atoms with van der Waals surface area (Å²) in [5.41, 5.74) is 3.09. The SMILES string of the molecule is CCc1ccc(NC(=O)/C(C#N)=C/c2ccc(OC)cc2OCc2ccc(Cl)c(Cl)c2)cc1. The molecule has 0 heterocycles. The minimum atomic E-state index is -0.506. The largest absolute Gasteiger partial charge is 0.497 e. The molecule has 0 fully saturated rings. The van der Waals surface area contributed by atoms with Crippen LogP contribution in [0.3, 0.4) is 0 Å². The number of ether oxygens (including phenoxy) is 2. The number of aryl methyl sites for hydroxylation is 1. The third kappa shape index (κ3) is 6.52. The van der Waals surface area contributed by atoms with Crippen LogP contribution in [-0.2, 0) is 17.8 Å². The first kappa shape index (κ1) is 24.2. The smallest absolute Gasteiger partial charge is 0.266 e. The Bertz CT molecular complexity index is 1220. The first-order valence-electron chi connectivity index (χ1n) is 10.2.